The van der Waals surface area contributed by atoms with Gasteiger partial charge in [-0.25, -0.2) is 9.67 Å². The highest BCUT2D eigenvalue weighted by Gasteiger charge is 2.35. The van der Waals surface area contributed by atoms with Crippen molar-refractivity contribution >= 4 is 34.2 Å². The lowest BCUT2D eigenvalue weighted by Gasteiger charge is -2.21. The summed E-state index contributed by atoms with van der Waals surface area (Å²) in [5.41, 5.74) is -2.48. The molecule has 1 amide bonds. The molecule has 3 aromatic heterocycles. The number of rotatable bonds is 7. The van der Waals surface area contributed by atoms with Gasteiger partial charge in [0, 0.05) is 27.9 Å². The highest BCUT2D eigenvalue weighted by atomic mass is 35.5. The molecule has 5 aromatic rings. The molecule has 1 unspecified atom stereocenters. The van der Waals surface area contributed by atoms with Crippen molar-refractivity contribution in [3.63, 3.8) is 0 Å². The van der Waals surface area contributed by atoms with E-state index in [9.17, 15) is 35.9 Å². The van der Waals surface area contributed by atoms with Gasteiger partial charge in [0.05, 0.1) is 42.4 Å². The van der Waals surface area contributed by atoms with Crippen molar-refractivity contribution in [2.45, 2.75) is 31.7 Å². The standard InChI is InChI=1S/C28H20ClF6N7O3/c1-3-20(26(44)37-15-5-6-18-19(9-15)38-23(11-36-18)27(30,31)32)41-12-22(45-2)17(10-25(41)43)16-8-14(29)4-7-21(16)42-13-24(39-40-42)28(33,34)35/h4-13,20H,3H2,1-2H3,(H,37,44). The fourth-order valence-corrected chi connectivity index (χ4v) is 4.71. The molecule has 0 spiro atoms. The Balaban J connectivity index is 1.50. The van der Waals surface area contributed by atoms with Crippen molar-refractivity contribution in [2.24, 2.45) is 0 Å². The van der Waals surface area contributed by atoms with Crippen LogP contribution in [0.15, 0.2) is 65.8 Å². The highest BCUT2D eigenvalue weighted by molar-refractivity contribution is 6.31. The molecule has 0 aliphatic carbocycles. The monoisotopic (exact) mass is 651 g/mol. The van der Waals surface area contributed by atoms with Crippen LogP contribution in [0, 0.1) is 0 Å². The van der Waals surface area contributed by atoms with Crippen LogP contribution < -0.4 is 15.6 Å². The predicted molar refractivity (Wildman–Crippen MR) is 150 cm³/mol. The van der Waals surface area contributed by atoms with Gasteiger partial charge in [-0.3, -0.25) is 19.1 Å². The van der Waals surface area contributed by atoms with Crippen LogP contribution in [0.1, 0.15) is 30.8 Å². The van der Waals surface area contributed by atoms with Crippen molar-refractivity contribution in [2.75, 3.05) is 12.4 Å². The first-order valence-corrected chi connectivity index (χ1v) is 13.3. The Kier molecular flexibility index (Phi) is 8.27. The van der Waals surface area contributed by atoms with E-state index < -0.39 is 41.2 Å². The minimum Gasteiger partial charge on any atom is -0.495 e. The number of anilines is 1. The lowest BCUT2D eigenvalue weighted by atomic mass is 10.0. The average Bonchev–Trinajstić information content (AvgIpc) is 3.48. The molecule has 0 aliphatic rings. The molecular weight excluding hydrogens is 632 g/mol. The van der Waals surface area contributed by atoms with Gasteiger partial charge in [0.25, 0.3) is 5.56 Å². The summed E-state index contributed by atoms with van der Waals surface area (Å²) in [7, 11) is 1.29. The molecule has 0 aliphatic heterocycles. The summed E-state index contributed by atoms with van der Waals surface area (Å²) in [6.07, 6.45) is -6.80. The maximum Gasteiger partial charge on any atom is 0.436 e. The van der Waals surface area contributed by atoms with Crippen LogP contribution in [-0.2, 0) is 17.1 Å². The number of nitrogens with one attached hydrogen (secondary N) is 1. The fraction of sp³-hybridized carbons (Fsp3) is 0.214. The first kappa shape index (κ1) is 31.4. The SMILES string of the molecule is CCC(C(=O)Nc1ccc2ncc(C(F)(F)F)nc2c1)n1cc(OC)c(-c2cc(Cl)ccc2-n2cc(C(F)(F)F)nn2)cc1=O. The van der Waals surface area contributed by atoms with E-state index in [1.807, 2.05) is 0 Å². The van der Waals surface area contributed by atoms with Gasteiger partial charge in [0.2, 0.25) is 5.91 Å². The number of fused-ring (bicyclic) bond motifs is 1. The molecule has 1 N–H and O–H groups in total. The number of nitrogens with zero attached hydrogens (tertiary/aromatic N) is 6. The van der Waals surface area contributed by atoms with Crippen LogP contribution in [0.3, 0.4) is 0 Å². The van der Waals surface area contributed by atoms with Gasteiger partial charge < -0.3 is 10.1 Å². The lowest BCUT2D eigenvalue weighted by Crippen LogP contribution is -2.32. The van der Waals surface area contributed by atoms with Crippen LogP contribution in [-0.4, -0.2) is 42.5 Å². The number of aromatic nitrogens is 6. The number of carbonyl (C=O) groups excluding carboxylic acids is 1. The van der Waals surface area contributed by atoms with E-state index in [1.54, 1.807) is 6.92 Å². The van der Waals surface area contributed by atoms with Crippen LogP contribution in [0.4, 0.5) is 32.0 Å². The highest BCUT2D eigenvalue weighted by Crippen LogP contribution is 2.36. The third kappa shape index (κ3) is 6.45. The van der Waals surface area contributed by atoms with Crippen LogP contribution in [0.25, 0.3) is 27.8 Å². The molecule has 0 fully saturated rings. The quantitative estimate of drug-likeness (QED) is 0.205. The van der Waals surface area contributed by atoms with Crippen LogP contribution in [0.2, 0.25) is 5.02 Å². The zero-order chi connectivity index (χ0) is 32.7. The second-order valence-electron chi connectivity index (χ2n) is 9.58. The number of hydrogen-bond donors (Lipinski definition) is 1. The first-order valence-electron chi connectivity index (χ1n) is 12.9. The Morgan fingerprint density at radius 2 is 1.71 bits per heavy atom. The average molecular weight is 652 g/mol. The van der Waals surface area contributed by atoms with E-state index >= 15 is 0 Å². The van der Waals surface area contributed by atoms with E-state index in [0.29, 0.717) is 12.4 Å². The largest absolute Gasteiger partial charge is 0.495 e. The number of halogens is 7. The van der Waals surface area contributed by atoms with E-state index in [1.165, 1.54) is 49.7 Å². The maximum absolute atomic E-state index is 13.4. The van der Waals surface area contributed by atoms with E-state index in [-0.39, 0.29) is 50.7 Å². The molecule has 10 nitrogen and oxygen atoms in total. The second-order valence-corrected chi connectivity index (χ2v) is 10.0. The Bertz CT molecular complexity index is 1970. The number of pyridine rings is 1. The van der Waals surface area contributed by atoms with E-state index in [2.05, 4.69) is 25.6 Å². The van der Waals surface area contributed by atoms with Crippen molar-refractivity contribution in [1.82, 2.24) is 29.5 Å². The summed E-state index contributed by atoms with van der Waals surface area (Å²) >= 11 is 6.19. The summed E-state index contributed by atoms with van der Waals surface area (Å²) in [5, 5.41) is 9.53. The molecule has 0 saturated carbocycles. The summed E-state index contributed by atoms with van der Waals surface area (Å²) in [5.74, 6) is -0.597. The minimum absolute atomic E-state index is 0.0705. The Hall–Kier alpha value is -4.99. The lowest BCUT2D eigenvalue weighted by molar-refractivity contribution is -0.142. The Morgan fingerprint density at radius 3 is 2.36 bits per heavy atom. The van der Waals surface area contributed by atoms with Gasteiger partial charge in [-0.05, 0) is 42.8 Å². The number of ether oxygens (including phenoxy) is 1. The molecule has 0 radical (unpaired) electrons. The van der Waals surface area contributed by atoms with E-state index in [0.717, 1.165) is 15.3 Å². The molecule has 234 valence electrons. The zero-order valence-electron chi connectivity index (χ0n) is 23.1. The molecule has 17 heteroatoms. The molecule has 45 heavy (non-hydrogen) atoms. The molecular formula is C28H20ClF6N7O3. The molecule has 3 heterocycles. The molecule has 0 saturated heterocycles. The first-order chi connectivity index (χ1) is 21.2. The summed E-state index contributed by atoms with van der Waals surface area (Å²) in [4.78, 5) is 34.1. The molecule has 0 bridgehead atoms. The van der Waals surface area contributed by atoms with Crippen molar-refractivity contribution in [3.8, 4) is 22.6 Å². The number of methoxy groups -OCH3 is 1. The Morgan fingerprint density at radius 1 is 0.978 bits per heavy atom. The number of carbonyl (C=O) groups is 1. The summed E-state index contributed by atoms with van der Waals surface area (Å²) in [6.45, 7) is 1.64. The van der Waals surface area contributed by atoms with E-state index in [4.69, 9.17) is 16.3 Å². The van der Waals surface area contributed by atoms with Crippen LogP contribution >= 0.6 is 11.6 Å². The van der Waals surface area contributed by atoms with Gasteiger partial charge in [-0.15, -0.1) is 5.10 Å². The Labute approximate surface area is 254 Å². The fourth-order valence-electron chi connectivity index (χ4n) is 4.54. The summed E-state index contributed by atoms with van der Waals surface area (Å²) in [6, 6.07) is 8.29. The van der Waals surface area contributed by atoms with Crippen molar-refractivity contribution in [3.05, 3.63) is 87.8 Å². The van der Waals surface area contributed by atoms with Gasteiger partial charge in [0.1, 0.15) is 11.8 Å². The van der Waals surface area contributed by atoms with Gasteiger partial charge in [-0.1, -0.05) is 23.7 Å². The third-order valence-corrected chi connectivity index (χ3v) is 6.90. The minimum atomic E-state index is -4.75. The number of amides is 1. The number of hydrogen-bond acceptors (Lipinski definition) is 7. The number of alkyl halides is 6. The normalized spacial score (nSPS) is 12.7. The topological polar surface area (TPSA) is 117 Å². The molecule has 5 rings (SSSR count). The van der Waals surface area contributed by atoms with Gasteiger partial charge >= 0.3 is 12.4 Å². The molecule has 1 atom stereocenters. The van der Waals surface area contributed by atoms with Crippen molar-refractivity contribution < 1.29 is 35.9 Å². The molecule has 2 aromatic carbocycles. The summed E-state index contributed by atoms with van der Waals surface area (Å²) < 4.78 is 86.3. The van der Waals surface area contributed by atoms with Crippen molar-refractivity contribution in [1.29, 1.82) is 0 Å². The smallest absolute Gasteiger partial charge is 0.436 e. The van der Waals surface area contributed by atoms with Crippen LogP contribution in [0.5, 0.6) is 5.75 Å². The van der Waals surface area contributed by atoms with Gasteiger partial charge in [-0.2, -0.15) is 26.3 Å². The maximum atomic E-state index is 13.4. The number of benzene rings is 2. The zero-order valence-corrected chi connectivity index (χ0v) is 23.9. The third-order valence-electron chi connectivity index (χ3n) is 6.67. The predicted octanol–water partition coefficient (Wildman–Crippen LogP) is 6.33. The second kappa shape index (κ2) is 11.8. The van der Waals surface area contributed by atoms with Gasteiger partial charge in [0.15, 0.2) is 11.4 Å².